The third-order valence-corrected chi connectivity index (χ3v) is 5.35. The summed E-state index contributed by atoms with van der Waals surface area (Å²) in [5.41, 5.74) is 7.76. The van der Waals surface area contributed by atoms with Crippen molar-refractivity contribution in [3.63, 3.8) is 0 Å². The number of benzene rings is 4. The fraction of sp³-hybridized carbons (Fsp3) is 0.103. The molecule has 0 amide bonds. The summed E-state index contributed by atoms with van der Waals surface area (Å²) in [7, 11) is 1.59. The maximum Gasteiger partial charge on any atom is 0.123 e. The van der Waals surface area contributed by atoms with Gasteiger partial charge >= 0.3 is 0 Å². The van der Waals surface area contributed by atoms with Gasteiger partial charge in [-0.1, -0.05) is 59.7 Å². The minimum atomic E-state index is 0.186. The number of aryl methyl sites for hydroxylation is 2. The van der Waals surface area contributed by atoms with E-state index >= 15 is 0 Å². The minimum Gasteiger partial charge on any atom is -0.508 e. The first-order chi connectivity index (χ1) is 15.5. The number of phenols is 1. The molecule has 0 heterocycles. The summed E-state index contributed by atoms with van der Waals surface area (Å²) in [5.74, 6) is 0.818. The van der Waals surface area contributed by atoms with Crippen LogP contribution < -0.4 is 9.64 Å². The quantitative estimate of drug-likeness (QED) is 0.324. The first-order valence-corrected chi connectivity index (χ1v) is 10.6. The molecule has 3 nitrogen and oxygen atoms in total. The Morgan fingerprint density at radius 2 is 1.09 bits per heavy atom. The number of phenolic OH excluding ortho intramolecular Hbond substituents is 1. The Bertz CT molecular complexity index is 1160. The highest BCUT2D eigenvalue weighted by Crippen LogP contribution is 2.35. The van der Waals surface area contributed by atoms with Crippen LogP contribution in [0.4, 0.5) is 17.1 Å². The van der Waals surface area contributed by atoms with E-state index < -0.39 is 0 Å². The van der Waals surface area contributed by atoms with Crippen LogP contribution in [0.1, 0.15) is 22.3 Å². The summed E-state index contributed by atoms with van der Waals surface area (Å²) in [6.45, 7) is 4.20. The molecule has 0 unspecified atom stereocenters. The van der Waals surface area contributed by atoms with Crippen molar-refractivity contribution in [1.29, 1.82) is 0 Å². The number of ether oxygens (including phenoxy) is 1. The van der Waals surface area contributed by atoms with Gasteiger partial charge in [-0.3, -0.25) is 0 Å². The molecule has 0 atom stereocenters. The molecule has 4 aromatic carbocycles. The van der Waals surface area contributed by atoms with E-state index in [-0.39, 0.29) is 5.75 Å². The first kappa shape index (κ1) is 21.3. The molecule has 0 fully saturated rings. The number of anilines is 3. The van der Waals surface area contributed by atoms with Gasteiger partial charge in [0.05, 0.1) is 7.11 Å². The molecule has 3 heteroatoms. The molecule has 0 spiro atoms. The van der Waals surface area contributed by atoms with Crippen LogP contribution in [0.2, 0.25) is 0 Å². The normalized spacial score (nSPS) is 11.0. The molecule has 0 aliphatic rings. The molecule has 0 aliphatic carbocycles. The number of aromatic hydroxyl groups is 1. The van der Waals surface area contributed by atoms with Crippen molar-refractivity contribution in [2.24, 2.45) is 0 Å². The second-order valence-electron chi connectivity index (χ2n) is 7.90. The van der Waals surface area contributed by atoms with Gasteiger partial charge in [-0.2, -0.15) is 0 Å². The summed E-state index contributed by atoms with van der Waals surface area (Å²) >= 11 is 0. The third kappa shape index (κ3) is 5.01. The van der Waals surface area contributed by atoms with Gasteiger partial charge in [0, 0.05) is 23.1 Å². The Balaban J connectivity index is 1.64. The SMILES string of the molecule is COc1cc(O)cc(/C=C/c2ccc(N(c3ccc(C)cc3)c3ccc(C)cc3)cc2)c1. The minimum absolute atomic E-state index is 0.186. The highest BCUT2D eigenvalue weighted by atomic mass is 16.5. The summed E-state index contributed by atoms with van der Waals surface area (Å²) in [4.78, 5) is 2.26. The van der Waals surface area contributed by atoms with Crippen molar-refractivity contribution < 1.29 is 9.84 Å². The zero-order valence-electron chi connectivity index (χ0n) is 18.6. The summed E-state index contributed by atoms with van der Waals surface area (Å²) in [5, 5.41) is 9.85. The van der Waals surface area contributed by atoms with E-state index in [1.807, 2.05) is 18.2 Å². The molecule has 0 saturated heterocycles. The van der Waals surface area contributed by atoms with Crippen LogP contribution in [0.25, 0.3) is 12.2 Å². The van der Waals surface area contributed by atoms with Crippen LogP contribution in [-0.2, 0) is 0 Å². The van der Waals surface area contributed by atoms with Crippen molar-refractivity contribution in [3.05, 3.63) is 113 Å². The lowest BCUT2D eigenvalue weighted by Gasteiger charge is -2.25. The smallest absolute Gasteiger partial charge is 0.123 e. The average molecular weight is 422 g/mol. The summed E-state index contributed by atoms with van der Waals surface area (Å²) in [6, 6.07) is 30.8. The lowest BCUT2D eigenvalue weighted by atomic mass is 10.1. The van der Waals surface area contributed by atoms with E-state index in [0.29, 0.717) is 5.75 Å². The Hall–Kier alpha value is -3.98. The maximum absolute atomic E-state index is 9.85. The molecule has 160 valence electrons. The fourth-order valence-electron chi connectivity index (χ4n) is 3.58. The summed E-state index contributed by atoms with van der Waals surface area (Å²) < 4.78 is 5.23. The van der Waals surface area contributed by atoms with Crippen molar-refractivity contribution in [1.82, 2.24) is 0 Å². The van der Waals surface area contributed by atoms with Crippen LogP contribution >= 0.6 is 0 Å². The van der Waals surface area contributed by atoms with Gasteiger partial charge in [0.2, 0.25) is 0 Å². The Morgan fingerprint density at radius 1 is 0.625 bits per heavy atom. The monoisotopic (exact) mass is 421 g/mol. The van der Waals surface area contributed by atoms with Gasteiger partial charge in [0.25, 0.3) is 0 Å². The maximum atomic E-state index is 9.85. The van der Waals surface area contributed by atoms with Gasteiger partial charge < -0.3 is 14.7 Å². The van der Waals surface area contributed by atoms with Gasteiger partial charge in [-0.15, -0.1) is 0 Å². The number of hydrogen-bond donors (Lipinski definition) is 1. The lowest BCUT2D eigenvalue weighted by molar-refractivity contribution is 0.407. The molecular weight excluding hydrogens is 394 g/mol. The highest BCUT2D eigenvalue weighted by Gasteiger charge is 2.12. The van der Waals surface area contributed by atoms with E-state index in [0.717, 1.165) is 28.2 Å². The van der Waals surface area contributed by atoms with Crippen LogP contribution in [-0.4, -0.2) is 12.2 Å². The van der Waals surface area contributed by atoms with Crippen LogP contribution in [0.15, 0.2) is 91.0 Å². The Labute approximate surface area is 189 Å². The molecular formula is C29H27NO2. The molecule has 4 aromatic rings. The second kappa shape index (κ2) is 9.44. The zero-order chi connectivity index (χ0) is 22.5. The van der Waals surface area contributed by atoms with Gasteiger partial charge in [-0.25, -0.2) is 0 Å². The van der Waals surface area contributed by atoms with Crippen molar-refractivity contribution >= 4 is 29.2 Å². The van der Waals surface area contributed by atoms with Gasteiger partial charge in [-0.05, 0) is 73.5 Å². The third-order valence-electron chi connectivity index (χ3n) is 5.35. The molecule has 0 saturated carbocycles. The number of nitrogens with zero attached hydrogens (tertiary/aromatic N) is 1. The van der Waals surface area contributed by atoms with E-state index in [1.165, 1.54) is 11.1 Å². The predicted octanol–water partition coefficient (Wildman–Crippen LogP) is 7.66. The number of rotatable bonds is 6. The van der Waals surface area contributed by atoms with E-state index in [4.69, 9.17) is 4.74 Å². The molecule has 32 heavy (non-hydrogen) atoms. The predicted molar refractivity (Wildman–Crippen MR) is 134 cm³/mol. The molecule has 0 bridgehead atoms. The molecule has 0 radical (unpaired) electrons. The molecule has 0 aliphatic heterocycles. The van der Waals surface area contributed by atoms with Crippen LogP contribution in [0.3, 0.4) is 0 Å². The van der Waals surface area contributed by atoms with E-state index in [9.17, 15) is 5.11 Å². The first-order valence-electron chi connectivity index (χ1n) is 10.6. The Kier molecular flexibility index (Phi) is 6.27. The summed E-state index contributed by atoms with van der Waals surface area (Å²) in [6.07, 6.45) is 4.00. The number of hydrogen-bond acceptors (Lipinski definition) is 3. The molecule has 1 N–H and O–H groups in total. The van der Waals surface area contributed by atoms with Crippen LogP contribution in [0, 0.1) is 13.8 Å². The largest absolute Gasteiger partial charge is 0.508 e. The lowest BCUT2D eigenvalue weighted by Crippen LogP contribution is -2.09. The highest BCUT2D eigenvalue weighted by molar-refractivity contribution is 5.78. The van der Waals surface area contributed by atoms with E-state index in [1.54, 1.807) is 19.2 Å². The van der Waals surface area contributed by atoms with E-state index in [2.05, 4.69) is 91.5 Å². The van der Waals surface area contributed by atoms with Gasteiger partial charge in [0.1, 0.15) is 11.5 Å². The molecule has 0 aromatic heterocycles. The van der Waals surface area contributed by atoms with Crippen LogP contribution in [0.5, 0.6) is 11.5 Å². The zero-order valence-corrected chi connectivity index (χ0v) is 18.6. The second-order valence-corrected chi connectivity index (χ2v) is 7.90. The number of methoxy groups -OCH3 is 1. The molecule has 4 rings (SSSR count). The Morgan fingerprint density at radius 3 is 1.59 bits per heavy atom. The van der Waals surface area contributed by atoms with Gasteiger partial charge in [0.15, 0.2) is 0 Å². The topological polar surface area (TPSA) is 32.7 Å². The van der Waals surface area contributed by atoms with Crippen molar-refractivity contribution in [2.45, 2.75) is 13.8 Å². The standard InChI is InChI=1S/C29H27NO2/c1-21-4-12-25(13-5-21)30(26-14-6-22(2)7-15-26)27-16-10-23(11-17-27)8-9-24-18-28(31)20-29(19-24)32-3/h4-20,31H,1-3H3/b9-8+. The van der Waals surface area contributed by atoms with Crippen molar-refractivity contribution in [3.8, 4) is 11.5 Å². The average Bonchev–Trinajstić information content (AvgIpc) is 2.81. The van der Waals surface area contributed by atoms with Crippen molar-refractivity contribution in [2.75, 3.05) is 12.0 Å². The fourth-order valence-corrected chi connectivity index (χ4v) is 3.58.